The van der Waals surface area contributed by atoms with Crippen LogP contribution in [0.3, 0.4) is 0 Å². The van der Waals surface area contributed by atoms with E-state index in [-0.39, 0.29) is 0 Å². The number of ether oxygens (including phenoxy) is 6. The van der Waals surface area contributed by atoms with Gasteiger partial charge in [-0.05, 0) is 86.0 Å². The maximum Gasteiger partial charge on any atom is 0.320 e. The molecular weight excluding hydrogens is 741 g/mol. The minimum Gasteiger partial charge on any atom is -0.496 e. The van der Waals surface area contributed by atoms with Gasteiger partial charge in [0.05, 0.1) is 39.6 Å². The summed E-state index contributed by atoms with van der Waals surface area (Å²) in [7, 11) is 6.40. The smallest absolute Gasteiger partial charge is 0.320 e. The summed E-state index contributed by atoms with van der Waals surface area (Å²) in [6.07, 6.45) is 4.94. The third-order valence-corrected chi connectivity index (χ3v) is 11.7. The Labute approximate surface area is 341 Å². The van der Waals surface area contributed by atoms with Gasteiger partial charge in [0.1, 0.15) is 59.8 Å². The lowest BCUT2D eigenvalue weighted by molar-refractivity contribution is -0.145. The van der Waals surface area contributed by atoms with Crippen molar-refractivity contribution in [3.63, 3.8) is 0 Å². The highest BCUT2D eigenvalue weighted by molar-refractivity contribution is 5.74. The molecule has 4 aromatic carbocycles. The molecule has 0 saturated carbocycles. The Kier molecular flexibility index (Phi) is 14.0. The van der Waals surface area contributed by atoms with Crippen LogP contribution < -0.4 is 28.4 Å². The first-order valence-electron chi connectivity index (χ1n) is 19.9. The van der Waals surface area contributed by atoms with Gasteiger partial charge in [-0.3, -0.25) is 19.4 Å². The summed E-state index contributed by atoms with van der Waals surface area (Å²) in [4.78, 5) is 27.9. The highest BCUT2D eigenvalue weighted by atomic mass is 16.5. The number of benzene rings is 4. The number of hydrogen-bond donors (Lipinski definition) is 2. The Balaban J connectivity index is 1.17. The minimum atomic E-state index is -0.808. The lowest BCUT2D eigenvalue weighted by Crippen LogP contribution is -2.44. The van der Waals surface area contributed by atoms with Crippen LogP contribution in [0.5, 0.6) is 34.5 Å². The van der Waals surface area contributed by atoms with Crippen LogP contribution in [0.4, 0.5) is 0 Å². The number of carboxylic acid groups (broad SMARTS) is 2. The first-order valence-corrected chi connectivity index (χ1v) is 19.9. The fourth-order valence-corrected chi connectivity index (χ4v) is 8.31. The van der Waals surface area contributed by atoms with E-state index in [2.05, 4.69) is 38.1 Å². The largest absolute Gasteiger partial charge is 0.496 e. The number of likely N-dealkylation sites (tertiary alicyclic amines) is 2. The van der Waals surface area contributed by atoms with Crippen molar-refractivity contribution in [2.75, 3.05) is 41.5 Å². The maximum absolute atomic E-state index is 12.0. The predicted octanol–water partition coefficient (Wildman–Crippen LogP) is 8.04. The van der Waals surface area contributed by atoms with Crippen LogP contribution in [0.25, 0.3) is 11.1 Å². The van der Waals surface area contributed by atoms with Crippen molar-refractivity contribution in [2.45, 2.75) is 90.8 Å². The molecule has 2 saturated heterocycles. The standard InChI is InChI=1S/C46H56N2O10/c1-29-31(27-57-33-21-41(53-3)37(42(22-33)54-4)25-47-19-9-7-17-39(47)45(49)50)13-11-15-35(29)36-16-12-14-32(30(36)2)28-58-34-23-43(55-5)38(44(24-34)56-6)26-48-20-10-8-18-40(48)46(51)52/h11-16,21-24,39-40H,7-10,17-20,25-28H2,1-6H3,(H,49,50)(H,51,52)/t39-,40-/m0/s1. The second-order valence-corrected chi connectivity index (χ2v) is 15.0. The van der Waals surface area contributed by atoms with Gasteiger partial charge in [0.2, 0.25) is 0 Å². The zero-order valence-corrected chi connectivity index (χ0v) is 34.5. The van der Waals surface area contributed by atoms with Crippen molar-refractivity contribution in [3.05, 3.63) is 94.0 Å². The molecule has 0 radical (unpaired) electrons. The second-order valence-electron chi connectivity index (χ2n) is 15.0. The van der Waals surface area contributed by atoms with Gasteiger partial charge in [0.15, 0.2) is 0 Å². The molecule has 2 fully saturated rings. The SMILES string of the molecule is COc1cc(OCc2cccc(-c3cccc(COc4cc(OC)c(CN5CCCC[C@H]5C(=O)O)c(OC)c4)c3C)c2C)cc(OC)c1CN1CCCC[C@H]1C(=O)O. The number of carbonyl (C=O) groups is 2. The third-order valence-electron chi connectivity index (χ3n) is 11.7. The first kappa shape index (κ1) is 42.2. The Bertz CT molecular complexity index is 1890. The van der Waals surface area contributed by atoms with E-state index in [1.165, 1.54) is 0 Å². The lowest BCUT2D eigenvalue weighted by atomic mass is 9.92. The van der Waals surface area contributed by atoms with Gasteiger partial charge in [-0.2, -0.15) is 0 Å². The van der Waals surface area contributed by atoms with Crippen LogP contribution in [-0.4, -0.2) is 85.6 Å². The Morgan fingerprint density at radius 1 is 0.586 bits per heavy atom. The van der Waals surface area contributed by atoms with Gasteiger partial charge in [-0.25, -0.2) is 0 Å². The molecule has 2 heterocycles. The number of carboxylic acids is 2. The van der Waals surface area contributed by atoms with Crippen molar-refractivity contribution in [2.24, 2.45) is 0 Å². The molecule has 12 nitrogen and oxygen atoms in total. The molecule has 0 unspecified atom stereocenters. The molecule has 0 aromatic heterocycles. The molecule has 0 amide bonds. The van der Waals surface area contributed by atoms with E-state index in [0.29, 0.717) is 86.7 Å². The highest BCUT2D eigenvalue weighted by Crippen LogP contribution is 2.39. The molecule has 6 rings (SSSR count). The van der Waals surface area contributed by atoms with Crippen LogP contribution in [0.15, 0.2) is 60.7 Å². The summed E-state index contributed by atoms with van der Waals surface area (Å²) >= 11 is 0. The van der Waals surface area contributed by atoms with E-state index in [1.807, 2.05) is 46.2 Å². The predicted molar refractivity (Wildman–Crippen MR) is 220 cm³/mol. The van der Waals surface area contributed by atoms with Crippen molar-refractivity contribution >= 4 is 11.9 Å². The molecule has 2 aliphatic rings. The Morgan fingerprint density at radius 2 is 0.948 bits per heavy atom. The van der Waals surface area contributed by atoms with Gasteiger partial charge in [0.25, 0.3) is 0 Å². The second kappa shape index (κ2) is 19.3. The zero-order valence-electron chi connectivity index (χ0n) is 34.5. The van der Waals surface area contributed by atoms with E-state index in [0.717, 1.165) is 70.2 Å². The Morgan fingerprint density at radius 3 is 1.28 bits per heavy atom. The molecule has 4 aromatic rings. The van der Waals surface area contributed by atoms with Gasteiger partial charge < -0.3 is 38.6 Å². The molecule has 0 spiro atoms. The van der Waals surface area contributed by atoms with Gasteiger partial charge >= 0.3 is 11.9 Å². The van der Waals surface area contributed by atoms with Crippen molar-refractivity contribution < 1.29 is 48.2 Å². The summed E-state index contributed by atoms with van der Waals surface area (Å²) in [6, 6.07) is 18.7. The molecule has 2 atom stereocenters. The van der Waals surface area contributed by atoms with Gasteiger partial charge in [-0.1, -0.05) is 49.2 Å². The normalized spacial score (nSPS) is 17.3. The number of nitrogens with zero attached hydrogens (tertiary/aromatic N) is 2. The number of rotatable bonds is 17. The van der Waals surface area contributed by atoms with Crippen molar-refractivity contribution in [1.82, 2.24) is 9.80 Å². The Hall–Kier alpha value is -5.46. The fourth-order valence-electron chi connectivity index (χ4n) is 8.31. The molecule has 2 aliphatic heterocycles. The maximum atomic E-state index is 12.0. The number of piperidine rings is 2. The molecule has 58 heavy (non-hydrogen) atoms. The van der Waals surface area contributed by atoms with Gasteiger partial charge in [0, 0.05) is 37.4 Å². The zero-order chi connectivity index (χ0) is 41.3. The first-order chi connectivity index (χ1) is 28.1. The monoisotopic (exact) mass is 796 g/mol. The highest BCUT2D eigenvalue weighted by Gasteiger charge is 2.31. The average Bonchev–Trinajstić information content (AvgIpc) is 3.23. The quantitative estimate of drug-likeness (QED) is 0.107. The summed E-state index contributed by atoms with van der Waals surface area (Å²) < 4.78 is 35.8. The van der Waals surface area contributed by atoms with E-state index >= 15 is 0 Å². The lowest BCUT2D eigenvalue weighted by Gasteiger charge is -2.33. The third kappa shape index (κ3) is 9.45. The summed E-state index contributed by atoms with van der Waals surface area (Å²) in [6.45, 7) is 7.02. The van der Waals surface area contributed by atoms with E-state index in [1.54, 1.807) is 28.4 Å². The van der Waals surface area contributed by atoms with Crippen LogP contribution >= 0.6 is 0 Å². The van der Waals surface area contributed by atoms with Gasteiger partial charge in [-0.15, -0.1) is 0 Å². The number of aliphatic carboxylic acids is 2. The fraction of sp³-hybridized carbons (Fsp3) is 0.435. The summed E-state index contributed by atoms with van der Waals surface area (Å²) in [5.41, 5.74) is 7.99. The molecule has 0 bridgehead atoms. The van der Waals surface area contributed by atoms with Crippen molar-refractivity contribution in [3.8, 4) is 45.6 Å². The van der Waals surface area contributed by atoms with Crippen LogP contribution in [0.1, 0.15) is 71.9 Å². The molecule has 310 valence electrons. The topological polar surface area (TPSA) is 136 Å². The van der Waals surface area contributed by atoms with Crippen LogP contribution in [0, 0.1) is 13.8 Å². The molecular formula is C46H56N2O10. The summed E-state index contributed by atoms with van der Waals surface area (Å²) in [5, 5.41) is 19.6. The molecule has 0 aliphatic carbocycles. The average molecular weight is 797 g/mol. The minimum absolute atomic E-state index is 0.314. The molecule has 2 N–H and O–H groups in total. The number of methoxy groups -OCH3 is 4. The molecule has 12 heteroatoms. The van der Waals surface area contributed by atoms with E-state index < -0.39 is 24.0 Å². The van der Waals surface area contributed by atoms with Crippen LogP contribution in [0.2, 0.25) is 0 Å². The van der Waals surface area contributed by atoms with Crippen LogP contribution in [-0.2, 0) is 35.9 Å². The van der Waals surface area contributed by atoms with E-state index in [4.69, 9.17) is 28.4 Å². The number of hydrogen-bond acceptors (Lipinski definition) is 10. The summed E-state index contributed by atoms with van der Waals surface area (Å²) in [5.74, 6) is 1.90. The van der Waals surface area contributed by atoms with E-state index in [9.17, 15) is 19.8 Å². The van der Waals surface area contributed by atoms with Crippen molar-refractivity contribution in [1.29, 1.82) is 0 Å².